The van der Waals surface area contributed by atoms with Crippen LogP contribution in [0.25, 0.3) is 0 Å². The average molecular weight is 485 g/mol. The molecule has 0 aliphatic carbocycles. The average Bonchev–Trinajstić information content (AvgIpc) is 3.20. The van der Waals surface area contributed by atoms with Crippen molar-refractivity contribution in [1.29, 1.82) is 0 Å². The Morgan fingerprint density at radius 3 is 2.59 bits per heavy atom. The van der Waals surface area contributed by atoms with Crippen LogP contribution in [-0.2, 0) is 0 Å². The number of halogens is 5. The van der Waals surface area contributed by atoms with E-state index in [0.717, 1.165) is 4.68 Å². The van der Waals surface area contributed by atoms with E-state index in [2.05, 4.69) is 15.7 Å². The van der Waals surface area contributed by atoms with Gasteiger partial charge in [0.1, 0.15) is 11.6 Å². The van der Waals surface area contributed by atoms with Gasteiger partial charge in [-0.3, -0.25) is 4.79 Å². The van der Waals surface area contributed by atoms with E-state index in [0.29, 0.717) is 11.3 Å². The molecule has 1 aliphatic heterocycles. The number of carbonyl (C=O) groups is 1. The van der Waals surface area contributed by atoms with Gasteiger partial charge in [0.15, 0.2) is 11.7 Å². The summed E-state index contributed by atoms with van der Waals surface area (Å²) in [5, 5.41) is 9.86. The van der Waals surface area contributed by atoms with Crippen molar-refractivity contribution in [3.8, 4) is 5.75 Å². The second kappa shape index (κ2) is 8.55. The Bertz CT molecular complexity index is 1150. The highest BCUT2D eigenvalue weighted by atomic mass is 35.5. The molecule has 2 aromatic carbocycles. The number of ether oxygens (including phenoxy) is 1. The number of nitrogens with zero attached hydrogens (tertiary/aromatic N) is 2. The predicted octanol–water partition coefficient (Wildman–Crippen LogP) is 6.11. The number of benzene rings is 2. The highest BCUT2D eigenvalue weighted by Gasteiger charge is 2.46. The molecule has 0 bridgehead atoms. The van der Waals surface area contributed by atoms with Crippen molar-refractivity contribution >= 4 is 40.6 Å². The van der Waals surface area contributed by atoms with E-state index in [1.54, 1.807) is 36.4 Å². The number of methoxy groups -OCH3 is 1. The Balaban J connectivity index is 1.64. The monoisotopic (exact) mass is 484 g/mol. The third kappa shape index (κ3) is 4.35. The van der Waals surface area contributed by atoms with Gasteiger partial charge in [-0.15, -0.1) is 0 Å². The predicted molar refractivity (Wildman–Crippen MR) is 116 cm³/mol. The molecule has 0 radical (unpaired) electrons. The summed E-state index contributed by atoms with van der Waals surface area (Å²) in [5.74, 6) is -0.0258. The number of fused-ring (bicyclic) bond motifs is 1. The van der Waals surface area contributed by atoms with Gasteiger partial charge in [-0.05, 0) is 29.8 Å². The first-order valence-corrected chi connectivity index (χ1v) is 10.2. The summed E-state index contributed by atoms with van der Waals surface area (Å²) in [6.07, 6.45) is -4.84. The Labute approximate surface area is 191 Å². The molecule has 0 saturated carbocycles. The van der Waals surface area contributed by atoms with Crippen molar-refractivity contribution < 1.29 is 22.7 Å². The van der Waals surface area contributed by atoms with Gasteiger partial charge in [0.2, 0.25) is 0 Å². The molecule has 3 aromatic rings. The smallest absolute Gasteiger partial charge is 0.410 e. The van der Waals surface area contributed by atoms with Crippen LogP contribution in [0.3, 0.4) is 0 Å². The van der Waals surface area contributed by atoms with Crippen LogP contribution in [-0.4, -0.2) is 29.0 Å². The number of amides is 1. The molecule has 1 amide bonds. The van der Waals surface area contributed by atoms with Crippen molar-refractivity contribution in [1.82, 2.24) is 9.78 Å². The van der Waals surface area contributed by atoms with Crippen LogP contribution in [0.1, 0.15) is 34.6 Å². The van der Waals surface area contributed by atoms with Crippen molar-refractivity contribution in [3.05, 3.63) is 69.8 Å². The number of anilines is 2. The minimum absolute atomic E-state index is 0.0849. The lowest BCUT2D eigenvalue weighted by Gasteiger charge is -2.33. The van der Waals surface area contributed by atoms with Crippen molar-refractivity contribution in [2.75, 3.05) is 17.7 Å². The van der Waals surface area contributed by atoms with Crippen molar-refractivity contribution in [3.63, 3.8) is 0 Å². The molecule has 2 atom stereocenters. The first-order chi connectivity index (χ1) is 15.2. The van der Waals surface area contributed by atoms with Gasteiger partial charge in [0, 0.05) is 12.5 Å². The normalized spacial score (nSPS) is 17.9. The maximum atomic E-state index is 13.8. The van der Waals surface area contributed by atoms with Gasteiger partial charge in [-0.25, -0.2) is 4.68 Å². The van der Waals surface area contributed by atoms with Crippen LogP contribution in [0, 0.1) is 0 Å². The van der Waals surface area contributed by atoms with Gasteiger partial charge in [-0.2, -0.15) is 18.3 Å². The van der Waals surface area contributed by atoms with E-state index < -0.39 is 24.2 Å². The fraction of sp³-hybridized carbons (Fsp3) is 0.238. The molecule has 1 aliphatic rings. The van der Waals surface area contributed by atoms with Crippen LogP contribution in [0.15, 0.2) is 48.5 Å². The van der Waals surface area contributed by atoms with Crippen LogP contribution in [0.2, 0.25) is 10.0 Å². The summed E-state index contributed by atoms with van der Waals surface area (Å²) in [5.41, 5.74) is 0.698. The number of rotatable bonds is 4. The topological polar surface area (TPSA) is 68.2 Å². The van der Waals surface area contributed by atoms with Gasteiger partial charge in [0.25, 0.3) is 5.91 Å². The van der Waals surface area contributed by atoms with E-state index in [1.807, 2.05) is 0 Å². The lowest BCUT2D eigenvalue weighted by molar-refractivity contribution is -0.173. The van der Waals surface area contributed by atoms with E-state index >= 15 is 0 Å². The Morgan fingerprint density at radius 1 is 1.22 bits per heavy atom. The molecular formula is C21H17Cl2F3N4O2. The third-order valence-electron chi connectivity index (χ3n) is 5.14. The Kier molecular flexibility index (Phi) is 5.96. The standard InChI is InChI=1S/C21H17Cl2F3N4O2/c1-32-12-7-5-11(6-8-12)15-9-17(21(24,25)26)30-18(27-15)10-16(29-30)20(31)28-14-4-2-3-13(22)19(14)23/h2-8,10,15,17,27H,9H2,1H3,(H,28,31). The zero-order valence-corrected chi connectivity index (χ0v) is 18.1. The van der Waals surface area contributed by atoms with Crippen LogP contribution in [0.4, 0.5) is 24.7 Å². The SMILES string of the molecule is COc1ccc(C2CC(C(F)(F)F)n3nc(C(=O)Nc4cccc(Cl)c4Cl)cc3N2)cc1. The molecule has 0 saturated heterocycles. The van der Waals surface area contributed by atoms with Gasteiger partial charge in [0.05, 0.1) is 28.9 Å². The minimum atomic E-state index is -4.56. The molecule has 2 unspecified atom stereocenters. The summed E-state index contributed by atoms with van der Waals surface area (Å²) < 4.78 is 47.4. The van der Waals surface area contributed by atoms with Gasteiger partial charge < -0.3 is 15.4 Å². The van der Waals surface area contributed by atoms with Crippen LogP contribution < -0.4 is 15.4 Å². The second-order valence-corrected chi connectivity index (χ2v) is 7.96. The zero-order chi connectivity index (χ0) is 23.0. The molecule has 0 spiro atoms. The van der Waals surface area contributed by atoms with Crippen molar-refractivity contribution in [2.24, 2.45) is 0 Å². The Hall–Kier alpha value is -2.91. The summed E-state index contributed by atoms with van der Waals surface area (Å²) >= 11 is 12.0. The largest absolute Gasteiger partial charge is 0.497 e. The van der Waals surface area contributed by atoms with E-state index in [-0.39, 0.29) is 33.7 Å². The highest BCUT2D eigenvalue weighted by Crippen LogP contribution is 2.44. The maximum Gasteiger partial charge on any atom is 0.410 e. The summed E-state index contributed by atoms with van der Waals surface area (Å²) in [6.45, 7) is 0. The first kappa shape index (κ1) is 22.3. The molecule has 168 valence electrons. The molecule has 2 heterocycles. The first-order valence-electron chi connectivity index (χ1n) is 9.49. The minimum Gasteiger partial charge on any atom is -0.497 e. The van der Waals surface area contributed by atoms with E-state index in [4.69, 9.17) is 27.9 Å². The number of carbonyl (C=O) groups excluding carboxylic acids is 1. The van der Waals surface area contributed by atoms with Gasteiger partial charge in [-0.1, -0.05) is 41.4 Å². The van der Waals surface area contributed by atoms with E-state index in [1.165, 1.54) is 19.2 Å². The number of hydrogen-bond donors (Lipinski definition) is 2. The van der Waals surface area contributed by atoms with Crippen LogP contribution in [0.5, 0.6) is 5.75 Å². The summed E-state index contributed by atoms with van der Waals surface area (Å²) in [6, 6.07) is 10.2. The number of hydrogen-bond acceptors (Lipinski definition) is 4. The van der Waals surface area contributed by atoms with Crippen LogP contribution >= 0.6 is 23.2 Å². The molecule has 2 N–H and O–H groups in total. The second-order valence-electron chi connectivity index (χ2n) is 7.18. The maximum absolute atomic E-state index is 13.8. The summed E-state index contributed by atoms with van der Waals surface area (Å²) in [4.78, 5) is 12.7. The molecule has 0 fully saturated rings. The summed E-state index contributed by atoms with van der Waals surface area (Å²) in [7, 11) is 1.51. The molecular weight excluding hydrogens is 468 g/mol. The molecule has 4 rings (SSSR count). The molecule has 1 aromatic heterocycles. The highest BCUT2D eigenvalue weighted by molar-refractivity contribution is 6.44. The number of alkyl halides is 3. The lowest BCUT2D eigenvalue weighted by atomic mass is 9.97. The molecule has 11 heteroatoms. The fourth-order valence-electron chi connectivity index (χ4n) is 3.53. The number of nitrogens with one attached hydrogen (secondary N) is 2. The fourth-order valence-corrected chi connectivity index (χ4v) is 3.87. The van der Waals surface area contributed by atoms with Crippen molar-refractivity contribution in [2.45, 2.75) is 24.7 Å². The third-order valence-corrected chi connectivity index (χ3v) is 5.96. The zero-order valence-electron chi connectivity index (χ0n) is 16.6. The molecule has 6 nitrogen and oxygen atoms in total. The lowest BCUT2D eigenvalue weighted by Crippen LogP contribution is -2.35. The quantitative estimate of drug-likeness (QED) is 0.468. The Morgan fingerprint density at radius 2 is 1.94 bits per heavy atom. The molecule has 32 heavy (non-hydrogen) atoms. The van der Waals surface area contributed by atoms with E-state index in [9.17, 15) is 18.0 Å². The number of aromatic nitrogens is 2. The van der Waals surface area contributed by atoms with Gasteiger partial charge >= 0.3 is 6.18 Å².